The smallest absolute Gasteiger partial charge is 0.185 e. The molecule has 2 rings (SSSR count). The second kappa shape index (κ2) is 5.21. The predicted molar refractivity (Wildman–Crippen MR) is 73.0 cm³/mol. The third kappa shape index (κ3) is 2.23. The Morgan fingerprint density at radius 3 is 2.17 bits per heavy atom. The third-order valence-corrected chi connectivity index (χ3v) is 3.20. The van der Waals surface area contributed by atoms with Crippen LogP contribution in [0.25, 0.3) is 11.3 Å². The van der Waals surface area contributed by atoms with Crippen LogP contribution in [0.15, 0.2) is 28.7 Å². The first-order valence-corrected chi connectivity index (χ1v) is 6.37. The molecule has 0 N–H and O–H groups in total. The molecular formula is C16H18O2. The third-order valence-electron chi connectivity index (χ3n) is 3.20. The van der Waals surface area contributed by atoms with Crippen LogP contribution in [-0.2, 0) is 12.8 Å². The number of aldehydes is 1. The van der Waals surface area contributed by atoms with Crippen molar-refractivity contribution in [3.63, 3.8) is 0 Å². The normalized spacial score (nSPS) is 10.6. The minimum Gasteiger partial charge on any atom is -0.453 e. The number of benzene rings is 1. The Morgan fingerprint density at radius 2 is 1.72 bits per heavy atom. The van der Waals surface area contributed by atoms with Crippen LogP contribution in [0.2, 0.25) is 0 Å². The number of hydrogen-bond acceptors (Lipinski definition) is 2. The fraction of sp³-hybridized carbons (Fsp3) is 0.312. The summed E-state index contributed by atoms with van der Waals surface area (Å²) in [4.78, 5) is 10.7. The lowest BCUT2D eigenvalue weighted by Gasteiger charge is -2.12. The molecule has 94 valence electrons. The van der Waals surface area contributed by atoms with Crippen LogP contribution >= 0.6 is 0 Å². The molecule has 0 saturated carbocycles. The quantitative estimate of drug-likeness (QED) is 0.752. The molecule has 0 radical (unpaired) electrons. The maximum Gasteiger partial charge on any atom is 0.185 e. The lowest BCUT2D eigenvalue weighted by molar-refractivity contribution is 0.110. The van der Waals surface area contributed by atoms with E-state index in [1.807, 2.05) is 6.07 Å². The monoisotopic (exact) mass is 242 g/mol. The summed E-state index contributed by atoms with van der Waals surface area (Å²) in [5.41, 5.74) is 4.98. The zero-order valence-electron chi connectivity index (χ0n) is 11.1. The van der Waals surface area contributed by atoms with Gasteiger partial charge in [0.1, 0.15) is 5.76 Å². The highest BCUT2D eigenvalue weighted by atomic mass is 16.3. The van der Waals surface area contributed by atoms with Gasteiger partial charge in [-0.05, 0) is 43.0 Å². The van der Waals surface area contributed by atoms with Crippen molar-refractivity contribution in [2.24, 2.45) is 0 Å². The first-order chi connectivity index (χ1) is 8.69. The molecule has 0 fully saturated rings. The van der Waals surface area contributed by atoms with Gasteiger partial charge in [0.05, 0.1) is 0 Å². The van der Waals surface area contributed by atoms with Gasteiger partial charge in [0, 0.05) is 5.56 Å². The number of rotatable bonds is 4. The summed E-state index contributed by atoms with van der Waals surface area (Å²) >= 11 is 0. The Bertz CT molecular complexity index is 539. The highest BCUT2D eigenvalue weighted by Crippen LogP contribution is 2.31. The molecule has 0 aliphatic carbocycles. The van der Waals surface area contributed by atoms with E-state index in [1.54, 1.807) is 6.07 Å². The molecule has 0 unspecified atom stereocenters. The summed E-state index contributed by atoms with van der Waals surface area (Å²) in [6.45, 7) is 6.39. The van der Waals surface area contributed by atoms with E-state index in [2.05, 4.69) is 32.9 Å². The van der Waals surface area contributed by atoms with E-state index >= 15 is 0 Å². The van der Waals surface area contributed by atoms with Crippen LogP contribution < -0.4 is 0 Å². The van der Waals surface area contributed by atoms with Crippen LogP contribution in [0.5, 0.6) is 0 Å². The number of hydrogen-bond donors (Lipinski definition) is 0. The van der Waals surface area contributed by atoms with Crippen LogP contribution in [0, 0.1) is 6.92 Å². The molecule has 0 spiro atoms. The molecule has 2 nitrogen and oxygen atoms in total. The maximum absolute atomic E-state index is 10.7. The molecule has 1 aromatic carbocycles. The Hall–Kier alpha value is -1.83. The van der Waals surface area contributed by atoms with Crippen LogP contribution in [-0.4, -0.2) is 6.29 Å². The molecule has 0 atom stereocenters. The van der Waals surface area contributed by atoms with E-state index in [9.17, 15) is 4.79 Å². The van der Waals surface area contributed by atoms with Gasteiger partial charge in [-0.25, -0.2) is 0 Å². The number of carbonyl (C=O) groups is 1. The van der Waals surface area contributed by atoms with Crippen molar-refractivity contribution in [3.05, 3.63) is 46.7 Å². The van der Waals surface area contributed by atoms with Crippen molar-refractivity contribution in [1.82, 2.24) is 0 Å². The fourth-order valence-corrected chi connectivity index (χ4v) is 2.37. The first-order valence-electron chi connectivity index (χ1n) is 6.37. The molecule has 2 heteroatoms. The van der Waals surface area contributed by atoms with Gasteiger partial charge in [0.15, 0.2) is 12.0 Å². The zero-order chi connectivity index (χ0) is 13.1. The molecule has 0 aliphatic rings. The number of aryl methyl sites for hydroxylation is 3. The largest absolute Gasteiger partial charge is 0.453 e. The lowest BCUT2D eigenvalue weighted by atomic mass is 9.93. The molecule has 0 bridgehead atoms. The minimum absolute atomic E-state index is 0.384. The van der Waals surface area contributed by atoms with Gasteiger partial charge in [-0.3, -0.25) is 4.79 Å². The molecule has 0 aliphatic heterocycles. The van der Waals surface area contributed by atoms with E-state index in [-0.39, 0.29) is 0 Å². The van der Waals surface area contributed by atoms with Gasteiger partial charge >= 0.3 is 0 Å². The standard InChI is InChI=1S/C16H18O2/c1-4-12-8-11(3)9-13(5-2)16(12)15-7-6-14(10-17)18-15/h6-10H,4-5H2,1-3H3. The second-order valence-corrected chi connectivity index (χ2v) is 4.49. The highest BCUT2D eigenvalue weighted by Gasteiger charge is 2.13. The molecule has 1 heterocycles. The Morgan fingerprint density at radius 1 is 1.11 bits per heavy atom. The predicted octanol–water partition coefficient (Wildman–Crippen LogP) is 4.19. The lowest BCUT2D eigenvalue weighted by Crippen LogP contribution is -1.95. The molecule has 1 aromatic heterocycles. The number of furan rings is 1. The van der Waals surface area contributed by atoms with E-state index in [1.165, 1.54) is 16.7 Å². The van der Waals surface area contributed by atoms with Gasteiger partial charge in [-0.1, -0.05) is 31.5 Å². The van der Waals surface area contributed by atoms with Crippen molar-refractivity contribution in [1.29, 1.82) is 0 Å². The fourth-order valence-electron chi connectivity index (χ4n) is 2.37. The van der Waals surface area contributed by atoms with Gasteiger partial charge in [-0.2, -0.15) is 0 Å². The Balaban J connectivity index is 2.63. The summed E-state index contributed by atoms with van der Waals surface area (Å²) in [5.74, 6) is 1.18. The van der Waals surface area contributed by atoms with Crippen LogP contribution in [0.3, 0.4) is 0 Å². The average molecular weight is 242 g/mol. The van der Waals surface area contributed by atoms with Gasteiger partial charge in [0.25, 0.3) is 0 Å². The van der Waals surface area contributed by atoms with Gasteiger partial charge < -0.3 is 4.42 Å². The Kier molecular flexibility index (Phi) is 3.66. The molecule has 2 aromatic rings. The summed E-state index contributed by atoms with van der Waals surface area (Å²) in [6, 6.07) is 7.99. The minimum atomic E-state index is 0.384. The van der Waals surface area contributed by atoms with E-state index in [4.69, 9.17) is 4.42 Å². The zero-order valence-corrected chi connectivity index (χ0v) is 11.1. The Labute approximate surface area is 108 Å². The topological polar surface area (TPSA) is 30.2 Å². The molecule has 18 heavy (non-hydrogen) atoms. The van der Waals surface area contributed by atoms with Crippen LogP contribution in [0.1, 0.15) is 41.1 Å². The summed E-state index contributed by atoms with van der Waals surface area (Å²) in [5, 5.41) is 0. The summed E-state index contributed by atoms with van der Waals surface area (Å²) in [7, 11) is 0. The number of carbonyl (C=O) groups excluding carboxylic acids is 1. The van der Waals surface area contributed by atoms with Crippen molar-refractivity contribution < 1.29 is 9.21 Å². The maximum atomic E-state index is 10.7. The van der Waals surface area contributed by atoms with E-state index in [0.717, 1.165) is 30.5 Å². The summed E-state index contributed by atoms with van der Waals surface area (Å²) < 4.78 is 5.58. The van der Waals surface area contributed by atoms with Crippen LogP contribution in [0.4, 0.5) is 0 Å². The molecular weight excluding hydrogens is 224 g/mol. The van der Waals surface area contributed by atoms with Gasteiger partial charge in [-0.15, -0.1) is 0 Å². The second-order valence-electron chi connectivity index (χ2n) is 4.49. The van der Waals surface area contributed by atoms with Crippen molar-refractivity contribution >= 4 is 6.29 Å². The molecule has 0 saturated heterocycles. The first kappa shape index (κ1) is 12.6. The van der Waals surface area contributed by atoms with E-state index < -0.39 is 0 Å². The molecule has 0 amide bonds. The summed E-state index contributed by atoms with van der Waals surface area (Å²) in [6.07, 6.45) is 2.66. The van der Waals surface area contributed by atoms with E-state index in [0.29, 0.717) is 5.76 Å². The van der Waals surface area contributed by atoms with Gasteiger partial charge in [0.2, 0.25) is 0 Å². The average Bonchev–Trinajstić information content (AvgIpc) is 2.85. The van der Waals surface area contributed by atoms with Crippen molar-refractivity contribution in [3.8, 4) is 11.3 Å². The highest BCUT2D eigenvalue weighted by molar-refractivity contribution is 5.74. The van der Waals surface area contributed by atoms with Crippen molar-refractivity contribution in [2.75, 3.05) is 0 Å². The van der Waals surface area contributed by atoms with Crippen molar-refractivity contribution in [2.45, 2.75) is 33.6 Å². The SMILES string of the molecule is CCc1cc(C)cc(CC)c1-c1ccc(C=O)o1.